The number of hydrogen-bond acceptors (Lipinski definition) is 2. The first-order valence-electron chi connectivity index (χ1n) is 4.74. The molecule has 0 aliphatic carbocycles. The Bertz CT molecular complexity index is 553. The number of aryl methyl sites for hydroxylation is 2. The fraction of sp³-hybridized carbons (Fsp3) is 0.625. The zero-order valence-electron chi connectivity index (χ0n) is 9.44. The molecule has 1 N–H and O–H groups in total. The Kier molecular flexibility index (Phi) is 3.47. The van der Waals surface area contributed by atoms with Gasteiger partial charge in [0.1, 0.15) is 12.4 Å². The minimum absolute atomic E-state index is 0.0622. The zero-order valence-corrected chi connectivity index (χ0v) is 10.3. The molecule has 0 aliphatic heterocycles. The average Bonchev–Trinajstić information content (AvgIpc) is 2.57. The standard InChI is InChI=1S/C8H10F4N2O3S/c1-3-14-5-4-13(2)6(14)7(9,10)8(11,12)18(15,16)17/h4-5H,3H2,1-2H3/p+1. The normalized spacial score (nSPS) is 13.9. The van der Waals surface area contributed by atoms with Gasteiger partial charge in [-0.25, -0.2) is 9.13 Å². The van der Waals surface area contributed by atoms with Crippen molar-refractivity contribution in [3.05, 3.63) is 18.2 Å². The van der Waals surface area contributed by atoms with E-state index in [1.54, 1.807) is 0 Å². The van der Waals surface area contributed by atoms with Gasteiger partial charge in [0.2, 0.25) is 0 Å². The van der Waals surface area contributed by atoms with Gasteiger partial charge in [-0.3, -0.25) is 4.55 Å². The van der Waals surface area contributed by atoms with Crippen LogP contribution < -0.4 is 4.57 Å². The Labute approximate surface area is 100 Å². The lowest BCUT2D eigenvalue weighted by molar-refractivity contribution is -0.689. The number of alkyl halides is 4. The number of aromatic nitrogens is 2. The molecule has 0 saturated heterocycles. The molecule has 10 heteroatoms. The first kappa shape index (κ1) is 14.9. The van der Waals surface area contributed by atoms with Gasteiger partial charge in [0, 0.05) is 0 Å². The second-order valence-corrected chi connectivity index (χ2v) is 5.05. The van der Waals surface area contributed by atoms with E-state index < -0.39 is 27.1 Å². The number of rotatable bonds is 4. The van der Waals surface area contributed by atoms with Crippen LogP contribution in [0.2, 0.25) is 0 Å². The third kappa shape index (κ3) is 1.99. The summed E-state index contributed by atoms with van der Waals surface area (Å²) in [5, 5.41) is -5.61. The fourth-order valence-electron chi connectivity index (χ4n) is 1.47. The molecule has 0 unspecified atom stereocenters. The zero-order chi connectivity index (χ0) is 14.4. The molecule has 0 saturated carbocycles. The van der Waals surface area contributed by atoms with Crippen molar-refractivity contribution in [1.29, 1.82) is 0 Å². The maximum atomic E-state index is 13.6. The predicted octanol–water partition coefficient (Wildman–Crippen LogP) is 0.905. The monoisotopic (exact) mass is 291 g/mol. The highest BCUT2D eigenvalue weighted by atomic mass is 32.2. The van der Waals surface area contributed by atoms with E-state index in [4.69, 9.17) is 4.55 Å². The number of nitrogens with zero attached hydrogens (tertiary/aromatic N) is 2. The van der Waals surface area contributed by atoms with Crippen LogP contribution in [-0.4, -0.2) is 22.8 Å². The van der Waals surface area contributed by atoms with Crippen LogP contribution in [0.1, 0.15) is 12.7 Å². The highest BCUT2D eigenvalue weighted by Gasteiger charge is 2.71. The molecule has 0 aliphatic rings. The third-order valence-electron chi connectivity index (χ3n) is 2.39. The van der Waals surface area contributed by atoms with Gasteiger partial charge in [0.15, 0.2) is 0 Å². The summed E-state index contributed by atoms with van der Waals surface area (Å²) in [7, 11) is -5.17. The van der Waals surface area contributed by atoms with E-state index in [0.29, 0.717) is 4.57 Å². The summed E-state index contributed by atoms with van der Waals surface area (Å²) >= 11 is 0. The van der Waals surface area contributed by atoms with Crippen molar-refractivity contribution in [3.8, 4) is 0 Å². The maximum Gasteiger partial charge on any atom is 0.444 e. The molecule has 1 rings (SSSR count). The summed E-state index contributed by atoms with van der Waals surface area (Å²) in [6.45, 7) is 1.36. The van der Waals surface area contributed by atoms with Crippen LogP contribution in [0.4, 0.5) is 17.6 Å². The molecule has 5 nitrogen and oxygen atoms in total. The van der Waals surface area contributed by atoms with E-state index in [2.05, 4.69) is 0 Å². The van der Waals surface area contributed by atoms with E-state index in [1.807, 2.05) is 0 Å². The molecule has 0 aromatic carbocycles. The fourth-order valence-corrected chi connectivity index (χ4v) is 1.89. The van der Waals surface area contributed by atoms with Crippen LogP contribution in [0.5, 0.6) is 0 Å². The summed E-state index contributed by atoms with van der Waals surface area (Å²) < 4.78 is 84.1. The summed E-state index contributed by atoms with van der Waals surface area (Å²) in [6, 6.07) is 0. The number of halogens is 4. The van der Waals surface area contributed by atoms with E-state index in [1.165, 1.54) is 6.92 Å². The van der Waals surface area contributed by atoms with Crippen molar-refractivity contribution < 1.29 is 35.1 Å². The summed E-state index contributed by atoms with van der Waals surface area (Å²) in [4.78, 5) is 0. The third-order valence-corrected chi connectivity index (χ3v) is 3.29. The smallest absolute Gasteiger partial charge is 0.281 e. The molecule has 1 heterocycles. The molecule has 0 spiro atoms. The molecule has 0 amide bonds. The first-order chi connectivity index (χ1) is 7.96. The Morgan fingerprint density at radius 3 is 2.28 bits per heavy atom. The highest BCUT2D eigenvalue weighted by molar-refractivity contribution is 7.86. The van der Waals surface area contributed by atoms with Crippen molar-refractivity contribution in [2.75, 3.05) is 0 Å². The summed E-state index contributed by atoms with van der Waals surface area (Å²) in [5.41, 5.74) is 0. The van der Waals surface area contributed by atoms with Crippen LogP contribution >= 0.6 is 0 Å². The van der Waals surface area contributed by atoms with Crippen molar-refractivity contribution in [3.63, 3.8) is 0 Å². The molecule has 0 fully saturated rings. The minimum Gasteiger partial charge on any atom is -0.281 e. The quantitative estimate of drug-likeness (QED) is 0.509. The van der Waals surface area contributed by atoms with Crippen molar-refractivity contribution in [2.45, 2.75) is 24.6 Å². The largest absolute Gasteiger partial charge is 0.444 e. The number of imidazole rings is 1. The molecule has 104 valence electrons. The predicted molar refractivity (Wildman–Crippen MR) is 51.7 cm³/mol. The van der Waals surface area contributed by atoms with Gasteiger partial charge < -0.3 is 0 Å². The summed E-state index contributed by atoms with van der Waals surface area (Å²) in [5.74, 6) is -6.28. The van der Waals surface area contributed by atoms with Crippen LogP contribution in [0.15, 0.2) is 12.4 Å². The lowest BCUT2D eigenvalue weighted by atomic mass is 10.3. The topological polar surface area (TPSA) is 63.2 Å². The van der Waals surface area contributed by atoms with Gasteiger partial charge in [0.05, 0.1) is 13.6 Å². The van der Waals surface area contributed by atoms with Gasteiger partial charge >= 0.3 is 27.1 Å². The summed E-state index contributed by atoms with van der Waals surface area (Å²) in [6.07, 6.45) is 2.18. The Morgan fingerprint density at radius 1 is 1.39 bits per heavy atom. The van der Waals surface area contributed by atoms with Crippen LogP contribution in [-0.2, 0) is 29.6 Å². The Hall–Kier alpha value is -1.16. The molecular formula is C8H11F4N2O3S+. The minimum atomic E-state index is -6.24. The van der Waals surface area contributed by atoms with Crippen LogP contribution in [0.3, 0.4) is 0 Å². The molecular weight excluding hydrogens is 280 g/mol. The van der Waals surface area contributed by atoms with E-state index in [-0.39, 0.29) is 6.54 Å². The number of hydrogen-bond donors (Lipinski definition) is 1. The molecule has 1 aromatic heterocycles. The molecule has 1 aromatic rings. The van der Waals surface area contributed by atoms with Gasteiger partial charge in [-0.15, -0.1) is 0 Å². The van der Waals surface area contributed by atoms with Crippen molar-refractivity contribution in [2.24, 2.45) is 7.05 Å². The van der Waals surface area contributed by atoms with Crippen LogP contribution in [0.25, 0.3) is 0 Å². The van der Waals surface area contributed by atoms with Gasteiger partial charge in [-0.2, -0.15) is 26.0 Å². The molecule has 18 heavy (non-hydrogen) atoms. The second-order valence-electron chi connectivity index (χ2n) is 3.58. The lowest BCUT2D eigenvalue weighted by Crippen LogP contribution is -2.51. The van der Waals surface area contributed by atoms with Gasteiger partial charge in [-0.1, -0.05) is 0 Å². The second kappa shape index (κ2) is 4.19. The Morgan fingerprint density at radius 2 is 1.89 bits per heavy atom. The molecule has 0 radical (unpaired) electrons. The Balaban J connectivity index is 3.51. The van der Waals surface area contributed by atoms with Gasteiger partial charge in [0.25, 0.3) is 0 Å². The van der Waals surface area contributed by atoms with Gasteiger partial charge in [-0.05, 0) is 6.92 Å². The molecule has 0 bridgehead atoms. The highest BCUT2D eigenvalue weighted by Crippen LogP contribution is 2.44. The van der Waals surface area contributed by atoms with Crippen LogP contribution in [0, 0.1) is 0 Å². The van der Waals surface area contributed by atoms with E-state index >= 15 is 0 Å². The molecule has 0 atom stereocenters. The average molecular weight is 291 g/mol. The first-order valence-corrected chi connectivity index (χ1v) is 6.18. The maximum absolute atomic E-state index is 13.6. The van der Waals surface area contributed by atoms with Crippen molar-refractivity contribution in [1.82, 2.24) is 4.57 Å². The van der Waals surface area contributed by atoms with E-state index in [0.717, 1.165) is 24.0 Å². The van der Waals surface area contributed by atoms with E-state index in [9.17, 15) is 26.0 Å². The lowest BCUT2D eigenvalue weighted by Gasteiger charge is -2.21. The van der Waals surface area contributed by atoms with Crippen molar-refractivity contribution >= 4 is 10.1 Å². The SMILES string of the molecule is CCn1cc[n+](C)c1C(F)(F)C(F)(F)S(=O)(=O)O.